The van der Waals surface area contributed by atoms with E-state index in [0.717, 1.165) is 22.9 Å². The number of rotatable bonds is 7. The fraction of sp³-hybridized carbons (Fsp3) is 0.400. The molecule has 0 spiro atoms. The lowest BCUT2D eigenvalue weighted by Crippen LogP contribution is -2.28. The molecule has 1 fully saturated rings. The molecule has 2 amide bonds. The van der Waals surface area contributed by atoms with Gasteiger partial charge in [-0.15, -0.1) is 0 Å². The number of carbonyl (C=O) groups excluding carboxylic acids is 2. The smallest absolute Gasteiger partial charge is 0.287 e. The first-order chi connectivity index (χ1) is 14.2. The van der Waals surface area contributed by atoms with Gasteiger partial charge in [0.15, 0.2) is 5.76 Å². The molecule has 1 aliphatic rings. The van der Waals surface area contributed by atoms with Gasteiger partial charge in [-0.1, -0.05) is 22.0 Å². The van der Waals surface area contributed by atoms with Gasteiger partial charge in [-0.2, -0.15) is 4.31 Å². The third-order valence-corrected chi connectivity index (χ3v) is 7.39. The Morgan fingerprint density at radius 3 is 2.57 bits per heavy atom. The van der Waals surface area contributed by atoms with Crippen molar-refractivity contribution < 1.29 is 22.4 Å². The van der Waals surface area contributed by atoms with Gasteiger partial charge in [0, 0.05) is 42.3 Å². The molecule has 2 aromatic rings. The molecular formula is C20H24BrN3O5S. The minimum absolute atomic E-state index is 0.0115. The summed E-state index contributed by atoms with van der Waals surface area (Å²) in [7, 11) is -3.67. The van der Waals surface area contributed by atoms with Gasteiger partial charge in [-0.05, 0) is 44.4 Å². The molecule has 8 nitrogen and oxygen atoms in total. The molecule has 30 heavy (non-hydrogen) atoms. The second-order valence-corrected chi connectivity index (χ2v) is 9.98. The number of hydrogen-bond donors (Lipinski definition) is 2. The van der Waals surface area contributed by atoms with Crippen molar-refractivity contribution in [2.75, 3.05) is 25.0 Å². The second kappa shape index (κ2) is 9.32. The van der Waals surface area contributed by atoms with Crippen LogP contribution < -0.4 is 10.6 Å². The second-order valence-electron chi connectivity index (χ2n) is 7.16. The van der Waals surface area contributed by atoms with E-state index in [1.165, 1.54) is 17.3 Å². The van der Waals surface area contributed by atoms with E-state index in [9.17, 15) is 18.0 Å². The molecule has 0 radical (unpaired) electrons. The van der Waals surface area contributed by atoms with Crippen LogP contribution in [0.25, 0.3) is 0 Å². The Hall–Kier alpha value is -2.17. The van der Waals surface area contributed by atoms with Gasteiger partial charge in [0.1, 0.15) is 10.7 Å². The van der Waals surface area contributed by atoms with Crippen LogP contribution in [0.5, 0.6) is 0 Å². The van der Waals surface area contributed by atoms with Crippen LogP contribution >= 0.6 is 15.9 Å². The number of halogens is 1. The van der Waals surface area contributed by atoms with Gasteiger partial charge in [-0.25, -0.2) is 8.42 Å². The first kappa shape index (κ1) is 22.5. The number of nitrogens with zero attached hydrogens (tertiary/aromatic N) is 1. The fourth-order valence-corrected chi connectivity index (χ4v) is 5.26. The molecule has 0 bridgehead atoms. The first-order valence-corrected chi connectivity index (χ1v) is 11.9. The zero-order valence-electron chi connectivity index (χ0n) is 16.8. The van der Waals surface area contributed by atoms with E-state index in [1.54, 1.807) is 6.07 Å². The van der Waals surface area contributed by atoms with Crippen LogP contribution in [0.3, 0.4) is 0 Å². The molecular weight excluding hydrogens is 474 g/mol. The molecule has 0 aliphatic carbocycles. The number of sulfonamides is 1. The van der Waals surface area contributed by atoms with E-state index < -0.39 is 15.9 Å². The molecule has 1 aromatic carbocycles. The maximum Gasteiger partial charge on any atom is 0.287 e. The number of hydrogen-bond acceptors (Lipinski definition) is 5. The van der Waals surface area contributed by atoms with Crippen LogP contribution in [-0.2, 0) is 14.8 Å². The number of benzene rings is 1. The average molecular weight is 498 g/mol. The largest absolute Gasteiger partial charge is 0.455 e. The maximum absolute atomic E-state index is 12.7. The van der Waals surface area contributed by atoms with E-state index in [4.69, 9.17) is 4.42 Å². The summed E-state index contributed by atoms with van der Waals surface area (Å²) in [6.07, 6.45) is 1.71. The summed E-state index contributed by atoms with van der Waals surface area (Å²) in [5, 5.41) is 5.39. The number of anilines is 1. The molecule has 0 saturated carbocycles. The Morgan fingerprint density at radius 2 is 1.87 bits per heavy atom. The SMILES string of the molecule is Cc1ccc(Br)cc1NC(=O)CCNC(=O)c1cc(S(=O)(=O)N2CCCC2)c(C)o1. The lowest BCUT2D eigenvalue weighted by atomic mass is 10.2. The van der Waals surface area contributed by atoms with Crippen molar-refractivity contribution in [2.45, 2.75) is 38.0 Å². The normalized spacial score (nSPS) is 14.6. The van der Waals surface area contributed by atoms with Gasteiger partial charge < -0.3 is 15.1 Å². The Morgan fingerprint density at radius 1 is 1.17 bits per heavy atom. The third-order valence-electron chi connectivity index (χ3n) is 4.89. The highest BCUT2D eigenvalue weighted by Gasteiger charge is 2.31. The summed E-state index contributed by atoms with van der Waals surface area (Å²) in [6.45, 7) is 4.44. The van der Waals surface area contributed by atoms with Crippen LogP contribution in [0.2, 0.25) is 0 Å². The molecule has 162 valence electrons. The van der Waals surface area contributed by atoms with Crippen molar-refractivity contribution in [3.8, 4) is 0 Å². The maximum atomic E-state index is 12.7. The van der Waals surface area contributed by atoms with Crippen LogP contribution in [0.4, 0.5) is 5.69 Å². The van der Waals surface area contributed by atoms with Crippen molar-refractivity contribution in [1.29, 1.82) is 0 Å². The molecule has 0 atom stereocenters. The van der Waals surface area contributed by atoms with Crippen molar-refractivity contribution in [3.63, 3.8) is 0 Å². The highest BCUT2D eigenvalue weighted by molar-refractivity contribution is 9.10. The predicted octanol–water partition coefficient (Wildman–Crippen LogP) is 3.20. The molecule has 3 rings (SSSR count). The number of nitrogens with one attached hydrogen (secondary N) is 2. The molecule has 2 N–H and O–H groups in total. The number of aryl methyl sites for hydroxylation is 2. The number of amides is 2. The summed E-state index contributed by atoms with van der Waals surface area (Å²) in [5.74, 6) is -0.722. The van der Waals surface area contributed by atoms with E-state index in [1.807, 2.05) is 19.1 Å². The third kappa shape index (κ3) is 5.11. The Bertz CT molecular complexity index is 1060. The summed E-state index contributed by atoms with van der Waals surface area (Å²) in [4.78, 5) is 24.5. The predicted molar refractivity (Wildman–Crippen MR) is 116 cm³/mol. The summed E-state index contributed by atoms with van der Waals surface area (Å²) < 4.78 is 33.0. The molecule has 10 heteroatoms. The van der Waals surface area contributed by atoms with Crippen molar-refractivity contribution in [2.24, 2.45) is 0 Å². The minimum Gasteiger partial charge on any atom is -0.455 e. The number of furan rings is 1. The van der Waals surface area contributed by atoms with Crippen LogP contribution in [0.15, 0.2) is 38.1 Å². The van der Waals surface area contributed by atoms with Gasteiger partial charge in [-0.3, -0.25) is 9.59 Å². The molecule has 1 aromatic heterocycles. The lowest BCUT2D eigenvalue weighted by Gasteiger charge is -2.14. The van der Waals surface area contributed by atoms with E-state index in [0.29, 0.717) is 18.8 Å². The average Bonchev–Trinajstić information content (AvgIpc) is 3.35. The minimum atomic E-state index is -3.67. The van der Waals surface area contributed by atoms with Crippen molar-refractivity contribution in [3.05, 3.63) is 45.8 Å². The Balaban J connectivity index is 1.56. The van der Waals surface area contributed by atoms with Crippen LogP contribution in [-0.4, -0.2) is 44.2 Å². The van der Waals surface area contributed by atoms with E-state index in [2.05, 4.69) is 26.6 Å². The fourth-order valence-electron chi connectivity index (χ4n) is 3.22. The summed E-state index contributed by atoms with van der Waals surface area (Å²) in [5.41, 5.74) is 1.62. The lowest BCUT2D eigenvalue weighted by molar-refractivity contribution is -0.116. The van der Waals surface area contributed by atoms with E-state index >= 15 is 0 Å². The first-order valence-electron chi connectivity index (χ1n) is 9.63. The standard InChI is InChI=1S/C20H24BrN3O5S/c1-13-5-6-15(21)11-16(13)23-19(25)7-8-22-20(26)17-12-18(14(2)29-17)30(27,28)24-9-3-4-10-24/h5-6,11-12H,3-4,7-10H2,1-2H3,(H,22,26)(H,23,25). The number of carbonyl (C=O) groups is 2. The highest BCUT2D eigenvalue weighted by Crippen LogP contribution is 2.26. The quantitative estimate of drug-likeness (QED) is 0.610. The topological polar surface area (TPSA) is 109 Å². The van der Waals surface area contributed by atoms with Gasteiger partial charge in [0.05, 0.1) is 0 Å². The summed E-state index contributed by atoms with van der Waals surface area (Å²) in [6, 6.07) is 6.83. The van der Waals surface area contributed by atoms with Crippen molar-refractivity contribution >= 4 is 43.5 Å². The molecule has 1 aliphatic heterocycles. The van der Waals surface area contributed by atoms with Crippen molar-refractivity contribution in [1.82, 2.24) is 9.62 Å². The van der Waals surface area contributed by atoms with E-state index in [-0.39, 0.29) is 35.3 Å². The Kier molecular flexibility index (Phi) is 6.99. The van der Waals surface area contributed by atoms with Crippen LogP contribution in [0, 0.1) is 13.8 Å². The molecule has 2 heterocycles. The Labute approximate surface area is 184 Å². The van der Waals surface area contributed by atoms with Gasteiger partial charge in [0.2, 0.25) is 15.9 Å². The zero-order valence-corrected chi connectivity index (χ0v) is 19.2. The monoisotopic (exact) mass is 497 g/mol. The van der Waals surface area contributed by atoms with Crippen LogP contribution in [0.1, 0.15) is 41.1 Å². The van der Waals surface area contributed by atoms with Gasteiger partial charge >= 0.3 is 0 Å². The summed E-state index contributed by atoms with van der Waals surface area (Å²) >= 11 is 3.36. The highest BCUT2D eigenvalue weighted by atomic mass is 79.9. The molecule has 0 unspecified atom stereocenters. The molecule has 1 saturated heterocycles. The zero-order chi connectivity index (χ0) is 21.9. The van der Waals surface area contributed by atoms with Gasteiger partial charge in [0.25, 0.3) is 5.91 Å².